The second-order valence-corrected chi connectivity index (χ2v) is 6.83. The average Bonchev–Trinajstić information content (AvgIpc) is 3.03. The highest BCUT2D eigenvalue weighted by Gasteiger charge is 2.33. The molecule has 3 N–H and O–H groups in total. The summed E-state index contributed by atoms with van der Waals surface area (Å²) in [6.07, 6.45) is -0.498. The number of carbonyl (C=O) groups is 2. The molecule has 3 aromatic carbocycles. The SMILES string of the molecule is O=C(O)CC(Nc1cccc2c1C(c1ccccc1)c1ccccc1-2)C(=O)O. The van der Waals surface area contributed by atoms with E-state index in [0.717, 1.165) is 27.8 Å². The molecule has 4 rings (SSSR count). The van der Waals surface area contributed by atoms with Gasteiger partial charge in [-0.15, -0.1) is 0 Å². The minimum absolute atomic E-state index is 0.0460. The van der Waals surface area contributed by atoms with E-state index in [9.17, 15) is 14.7 Å². The van der Waals surface area contributed by atoms with Crippen LogP contribution in [0.25, 0.3) is 11.1 Å². The smallest absolute Gasteiger partial charge is 0.326 e. The normalized spacial score (nSPS) is 15.4. The summed E-state index contributed by atoms with van der Waals surface area (Å²) in [5.74, 6) is -2.39. The van der Waals surface area contributed by atoms with E-state index in [0.29, 0.717) is 5.69 Å². The third-order valence-electron chi connectivity index (χ3n) is 5.10. The van der Waals surface area contributed by atoms with Gasteiger partial charge in [-0.1, -0.05) is 66.7 Å². The Bertz CT molecular complexity index is 1050. The Kier molecular flexibility index (Phi) is 4.57. The molecule has 3 aromatic rings. The molecule has 0 saturated carbocycles. The van der Waals surface area contributed by atoms with Crippen LogP contribution in [0.5, 0.6) is 0 Å². The number of hydrogen-bond acceptors (Lipinski definition) is 3. The van der Waals surface area contributed by atoms with Crippen LogP contribution in [0.3, 0.4) is 0 Å². The average molecular weight is 373 g/mol. The van der Waals surface area contributed by atoms with Gasteiger partial charge in [-0.3, -0.25) is 4.79 Å². The van der Waals surface area contributed by atoms with E-state index in [4.69, 9.17) is 5.11 Å². The topological polar surface area (TPSA) is 86.6 Å². The molecular formula is C23H19NO4. The molecule has 1 aliphatic carbocycles. The lowest BCUT2D eigenvalue weighted by atomic mass is 9.88. The molecule has 0 aromatic heterocycles. The van der Waals surface area contributed by atoms with Crippen LogP contribution in [0, 0.1) is 0 Å². The molecule has 0 saturated heterocycles. The number of hydrogen-bond donors (Lipinski definition) is 3. The number of carboxylic acids is 2. The van der Waals surface area contributed by atoms with Crippen molar-refractivity contribution in [2.24, 2.45) is 0 Å². The number of anilines is 1. The van der Waals surface area contributed by atoms with Gasteiger partial charge in [-0.2, -0.15) is 0 Å². The van der Waals surface area contributed by atoms with Crippen LogP contribution in [0.2, 0.25) is 0 Å². The van der Waals surface area contributed by atoms with E-state index >= 15 is 0 Å². The molecule has 0 heterocycles. The van der Waals surface area contributed by atoms with Crippen molar-refractivity contribution in [3.8, 4) is 11.1 Å². The van der Waals surface area contributed by atoms with Gasteiger partial charge in [-0.25, -0.2) is 4.79 Å². The maximum Gasteiger partial charge on any atom is 0.326 e. The van der Waals surface area contributed by atoms with Crippen molar-refractivity contribution >= 4 is 17.6 Å². The Morgan fingerprint density at radius 2 is 1.54 bits per heavy atom. The highest BCUT2D eigenvalue weighted by atomic mass is 16.4. The van der Waals surface area contributed by atoms with Crippen molar-refractivity contribution in [3.63, 3.8) is 0 Å². The number of nitrogens with one attached hydrogen (secondary N) is 1. The first-order valence-electron chi connectivity index (χ1n) is 9.04. The molecule has 28 heavy (non-hydrogen) atoms. The summed E-state index contributed by atoms with van der Waals surface area (Å²) in [5.41, 5.74) is 6.04. The monoisotopic (exact) mass is 373 g/mol. The van der Waals surface area contributed by atoms with Crippen LogP contribution in [-0.2, 0) is 9.59 Å². The van der Waals surface area contributed by atoms with Crippen LogP contribution in [0.4, 0.5) is 5.69 Å². The Balaban J connectivity index is 1.85. The van der Waals surface area contributed by atoms with Crippen LogP contribution in [0.15, 0.2) is 72.8 Å². The summed E-state index contributed by atoms with van der Waals surface area (Å²) >= 11 is 0. The van der Waals surface area contributed by atoms with Crippen LogP contribution < -0.4 is 5.32 Å². The number of aliphatic carboxylic acids is 2. The van der Waals surface area contributed by atoms with Crippen molar-refractivity contribution in [2.45, 2.75) is 18.4 Å². The fraction of sp³-hybridized carbons (Fsp3) is 0.130. The van der Waals surface area contributed by atoms with Crippen molar-refractivity contribution in [1.82, 2.24) is 0 Å². The number of fused-ring (bicyclic) bond motifs is 3. The summed E-state index contributed by atoms with van der Waals surface area (Å²) < 4.78 is 0. The zero-order valence-electron chi connectivity index (χ0n) is 15.0. The minimum atomic E-state index is -1.20. The predicted molar refractivity (Wildman–Crippen MR) is 107 cm³/mol. The van der Waals surface area contributed by atoms with Crippen molar-refractivity contribution in [3.05, 3.63) is 89.5 Å². The van der Waals surface area contributed by atoms with Crippen molar-refractivity contribution in [2.75, 3.05) is 5.32 Å². The zero-order valence-corrected chi connectivity index (χ0v) is 15.0. The Morgan fingerprint density at radius 1 is 0.857 bits per heavy atom. The second kappa shape index (κ2) is 7.19. The van der Waals surface area contributed by atoms with Gasteiger partial charge in [0, 0.05) is 11.6 Å². The largest absolute Gasteiger partial charge is 0.481 e. The molecular weight excluding hydrogens is 354 g/mol. The lowest BCUT2D eigenvalue weighted by Crippen LogP contribution is -2.32. The van der Waals surface area contributed by atoms with Gasteiger partial charge in [0.1, 0.15) is 6.04 Å². The highest BCUT2D eigenvalue weighted by Crippen LogP contribution is 2.50. The maximum atomic E-state index is 11.6. The lowest BCUT2D eigenvalue weighted by Gasteiger charge is -2.21. The third-order valence-corrected chi connectivity index (χ3v) is 5.10. The van der Waals surface area contributed by atoms with Gasteiger partial charge >= 0.3 is 11.9 Å². The van der Waals surface area contributed by atoms with Gasteiger partial charge < -0.3 is 15.5 Å². The van der Waals surface area contributed by atoms with Gasteiger partial charge in [0.05, 0.1) is 6.42 Å². The predicted octanol–water partition coefficient (Wildman–Crippen LogP) is 4.19. The molecule has 140 valence electrons. The fourth-order valence-corrected chi connectivity index (χ4v) is 3.94. The minimum Gasteiger partial charge on any atom is -0.481 e. The van der Waals surface area contributed by atoms with Gasteiger partial charge in [0.15, 0.2) is 0 Å². The number of carboxylic acid groups (broad SMARTS) is 2. The van der Waals surface area contributed by atoms with E-state index in [2.05, 4.69) is 29.6 Å². The zero-order chi connectivity index (χ0) is 19.7. The summed E-state index contributed by atoms with van der Waals surface area (Å²) in [4.78, 5) is 22.7. The number of benzene rings is 3. The molecule has 5 nitrogen and oxygen atoms in total. The fourth-order valence-electron chi connectivity index (χ4n) is 3.94. The molecule has 1 aliphatic rings. The van der Waals surface area contributed by atoms with E-state index in [-0.39, 0.29) is 5.92 Å². The molecule has 0 bridgehead atoms. The first-order chi connectivity index (χ1) is 13.6. The summed E-state index contributed by atoms with van der Waals surface area (Å²) in [6.45, 7) is 0. The summed E-state index contributed by atoms with van der Waals surface area (Å²) in [6, 6.07) is 22.7. The molecule has 0 radical (unpaired) electrons. The quantitative estimate of drug-likeness (QED) is 0.472. The molecule has 5 heteroatoms. The van der Waals surface area contributed by atoms with Crippen LogP contribution in [0.1, 0.15) is 29.0 Å². The first-order valence-corrected chi connectivity index (χ1v) is 9.04. The Hall–Kier alpha value is -3.60. The summed E-state index contributed by atoms with van der Waals surface area (Å²) in [5, 5.41) is 21.5. The van der Waals surface area contributed by atoms with Crippen LogP contribution >= 0.6 is 0 Å². The molecule has 0 spiro atoms. The standard InChI is InChI=1S/C23H19NO4/c25-20(26)13-19(23(27)28)24-18-12-6-11-17-15-9-4-5-10-16(15)21(22(17)18)14-7-2-1-3-8-14/h1-12,19,21,24H,13H2,(H,25,26)(H,27,28). The first kappa shape index (κ1) is 17.8. The van der Waals surface area contributed by atoms with Crippen molar-refractivity contribution in [1.29, 1.82) is 0 Å². The Labute approximate surface area is 162 Å². The molecule has 2 atom stereocenters. The Morgan fingerprint density at radius 3 is 2.25 bits per heavy atom. The maximum absolute atomic E-state index is 11.6. The van der Waals surface area contributed by atoms with E-state index < -0.39 is 24.4 Å². The van der Waals surface area contributed by atoms with E-state index in [1.807, 2.05) is 48.5 Å². The lowest BCUT2D eigenvalue weighted by molar-refractivity contribution is -0.144. The highest BCUT2D eigenvalue weighted by molar-refractivity contribution is 5.88. The second-order valence-electron chi connectivity index (χ2n) is 6.83. The molecule has 0 amide bonds. The van der Waals surface area contributed by atoms with Gasteiger partial charge in [0.25, 0.3) is 0 Å². The molecule has 2 unspecified atom stereocenters. The third kappa shape index (κ3) is 3.11. The van der Waals surface area contributed by atoms with E-state index in [1.54, 1.807) is 0 Å². The number of rotatable bonds is 6. The van der Waals surface area contributed by atoms with Gasteiger partial charge in [-0.05, 0) is 33.9 Å². The molecule has 0 aliphatic heterocycles. The molecule has 0 fully saturated rings. The summed E-state index contributed by atoms with van der Waals surface area (Å²) in [7, 11) is 0. The van der Waals surface area contributed by atoms with Crippen LogP contribution in [-0.4, -0.2) is 28.2 Å². The van der Waals surface area contributed by atoms with Gasteiger partial charge in [0.2, 0.25) is 0 Å². The van der Waals surface area contributed by atoms with E-state index in [1.165, 1.54) is 0 Å². The van der Waals surface area contributed by atoms with Crippen molar-refractivity contribution < 1.29 is 19.8 Å².